The minimum Gasteiger partial charge on any atom is -0.383 e. The number of hydrogen-bond acceptors (Lipinski definition) is 4. The van der Waals surface area contributed by atoms with Gasteiger partial charge in [0, 0.05) is 33.3 Å². The predicted molar refractivity (Wildman–Crippen MR) is 77.2 cm³/mol. The minimum absolute atomic E-state index is 0.191. The molecule has 2 N–H and O–H groups in total. The quantitative estimate of drug-likeness (QED) is 0.673. The molecule has 0 aromatic heterocycles. The van der Waals surface area contributed by atoms with E-state index in [1.165, 1.54) is 0 Å². The van der Waals surface area contributed by atoms with Crippen LogP contribution in [-0.2, 0) is 9.53 Å². The Morgan fingerprint density at radius 1 is 1.47 bits per heavy atom. The van der Waals surface area contributed by atoms with Crippen LogP contribution in [0.5, 0.6) is 0 Å². The van der Waals surface area contributed by atoms with Crippen LogP contribution in [0.4, 0.5) is 0 Å². The summed E-state index contributed by atoms with van der Waals surface area (Å²) in [7, 11) is 3.75. The molecular formula is C14H29N3O2. The first-order chi connectivity index (χ1) is 9.14. The largest absolute Gasteiger partial charge is 0.383 e. The number of piperidine rings is 1. The lowest BCUT2D eigenvalue weighted by Crippen LogP contribution is -2.51. The molecular weight excluding hydrogens is 242 g/mol. The summed E-state index contributed by atoms with van der Waals surface area (Å²) in [5, 5.41) is 6.44. The molecule has 1 rings (SSSR count). The van der Waals surface area contributed by atoms with E-state index in [0.29, 0.717) is 6.54 Å². The summed E-state index contributed by atoms with van der Waals surface area (Å²) in [6.45, 7) is 7.16. The van der Waals surface area contributed by atoms with E-state index in [-0.39, 0.29) is 11.3 Å². The SMILES string of the molecule is CCC1(C(=O)NCCN(C)CCOC)CCCNC1. The van der Waals surface area contributed by atoms with Gasteiger partial charge in [0.2, 0.25) is 5.91 Å². The topological polar surface area (TPSA) is 53.6 Å². The Balaban J connectivity index is 2.29. The van der Waals surface area contributed by atoms with Gasteiger partial charge in [-0.2, -0.15) is 0 Å². The second kappa shape index (κ2) is 8.51. The van der Waals surface area contributed by atoms with Crippen LogP contribution in [0.2, 0.25) is 0 Å². The van der Waals surface area contributed by atoms with Gasteiger partial charge in [-0.3, -0.25) is 4.79 Å². The number of hydrogen-bond donors (Lipinski definition) is 2. The second-order valence-corrected chi connectivity index (χ2v) is 5.47. The standard InChI is InChI=1S/C14H29N3O2/c1-4-14(6-5-7-15-12-14)13(18)16-8-9-17(2)10-11-19-3/h15H,4-12H2,1-3H3,(H,16,18). The van der Waals surface area contributed by atoms with Crippen LogP contribution in [0, 0.1) is 5.41 Å². The fourth-order valence-electron chi connectivity index (χ4n) is 2.53. The highest BCUT2D eigenvalue weighted by molar-refractivity contribution is 5.83. The molecule has 0 spiro atoms. The number of carbonyl (C=O) groups excluding carboxylic acids is 1. The van der Waals surface area contributed by atoms with Crippen LogP contribution >= 0.6 is 0 Å². The fourth-order valence-corrected chi connectivity index (χ4v) is 2.53. The molecule has 112 valence electrons. The first kappa shape index (κ1) is 16.4. The smallest absolute Gasteiger partial charge is 0.227 e. The molecule has 0 radical (unpaired) electrons. The van der Waals surface area contributed by atoms with Crippen molar-refractivity contribution >= 4 is 5.91 Å². The number of ether oxygens (including phenoxy) is 1. The molecule has 0 aliphatic carbocycles. The maximum atomic E-state index is 12.4. The van der Waals surface area contributed by atoms with E-state index in [0.717, 1.165) is 52.0 Å². The van der Waals surface area contributed by atoms with Crippen LogP contribution in [0.25, 0.3) is 0 Å². The van der Waals surface area contributed by atoms with E-state index in [1.54, 1.807) is 7.11 Å². The van der Waals surface area contributed by atoms with Gasteiger partial charge in [0.1, 0.15) is 0 Å². The predicted octanol–water partition coefficient (Wildman–Crippen LogP) is 0.461. The van der Waals surface area contributed by atoms with Crippen molar-refractivity contribution in [2.45, 2.75) is 26.2 Å². The van der Waals surface area contributed by atoms with Crippen molar-refractivity contribution in [2.75, 3.05) is 53.5 Å². The Bertz CT molecular complexity index is 265. The molecule has 1 unspecified atom stereocenters. The average molecular weight is 271 g/mol. The van der Waals surface area contributed by atoms with Crippen LogP contribution in [0.1, 0.15) is 26.2 Å². The molecule has 5 heteroatoms. The molecule has 1 fully saturated rings. The number of likely N-dealkylation sites (N-methyl/N-ethyl adjacent to an activating group) is 1. The second-order valence-electron chi connectivity index (χ2n) is 5.47. The lowest BCUT2D eigenvalue weighted by atomic mass is 9.77. The van der Waals surface area contributed by atoms with E-state index in [1.807, 2.05) is 7.05 Å². The van der Waals surface area contributed by atoms with Gasteiger partial charge < -0.3 is 20.3 Å². The Hall–Kier alpha value is -0.650. The average Bonchev–Trinajstić information content (AvgIpc) is 2.45. The Labute approximate surface area is 117 Å². The zero-order valence-corrected chi connectivity index (χ0v) is 12.6. The van der Waals surface area contributed by atoms with E-state index in [9.17, 15) is 4.79 Å². The number of rotatable bonds is 8. The van der Waals surface area contributed by atoms with Gasteiger partial charge in [-0.1, -0.05) is 6.92 Å². The molecule has 5 nitrogen and oxygen atoms in total. The van der Waals surface area contributed by atoms with Crippen molar-refractivity contribution in [3.05, 3.63) is 0 Å². The van der Waals surface area contributed by atoms with Crippen LogP contribution in [0.15, 0.2) is 0 Å². The number of methoxy groups -OCH3 is 1. The van der Waals surface area contributed by atoms with E-state index in [4.69, 9.17) is 4.74 Å². The van der Waals surface area contributed by atoms with Crippen LogP contribution in [0.3, 0.4) is 0 Å². The molecule has 1 amide bonds. The summed E-state index contributed by atoms with van der Waals surface area (Å²) in [4.78, 5) is 14.5. The number of nitrogens with one attached hydrogen (secondary N) is 2. The van der Waals surface area contributed by atoms with Crippen molar-refractivity contribution in [3.63, 3.8) is 0 Å². The zero-order chi connectivity index (χ0) is 14.1. The van der Waals surface area contributed by atoms with Crippen molar-refractivity contribution < 1.29 is 9.53 Å². The summed E-state index contributed by atoms with van der Waals surface area (Å²) in [5.41, 5.74) is -0.191. The van der Waals surface area contributed by atoms with Gasteiger partial charge in [-0.15, -0.1) is 0 Å². The maximum Gasteiger partial charge on any atom is 0.227 e. The van der Waals surface area contributed by atoms with Gasteiger partial charge >= 0.3 is 0 Å². The van der Waals surface area contributed by atoms with E-state index in [2.05, 4.69) is 22.5 Å². The van der Waals surface area contributed by atoms with E-state index < -0.39 is 0 Å². The molecule has 1 saturated heterocycles. The van der Waals surface area contributed by atoms with Crippen LogP contribution in [-0.4, -0.2) is 64.3 Å². The maximum absolute atomic E-state index is 12.4. The number of carbonyl (C=O) groups is 1. The zero-order valence-electron chi connectivity index (χ0n) is 12.6. The molecule has 1 aliphatic heterocycles. The Morgan fingerprint density at radius 2 is 2.26 bits per heavy atom. The molecule has 1 heterocycles. The molecule has 0 saturated carbocycles. The Kier molecular flexibility index (Phi) is 7.34. The third-order valence-electron chi connectivity index (χ3n) is 4.09. The summed E-state index contributed by atoms with van der Waals surface area (Å²) >= 11 is 0. The highest BCUT2D eigenvalue weighted by atomic mass is 16.5. The lowest BCUT2D eigenvalue weighted by molar-refractivity contribution is -0.132. The van der Waals surface area contributed by atoms with Gasteiger partial charge in [-0.05, 0) is 32.9 Å². The van der Waals surface area contributed by atoms with Crippen molar-refractivity contribution in [1.82, 2.24) is 15.5 Å². The molecule has 0 bridgehead atoms. The van der Waals surface area contributed by atoms with Crippen molar-refractivity contribution in [3.8, 4) is 0 Å². The molecule has 19 heavy (non-hydrogen) atoms. The molecule has 1 atom stereocenters. The first-order valence-electron chi connectivity index (χ1n) is 7.31. The van der Waals surface area contributed by atoms with Gasteiger partial charge in [0.05, 0.1) is 12.0 Å². The summed E-state index contributed by atoms with van der Waals surface area (Å²) in [5.74, 6) is 0.211. The highest BCUT2D eigenvalue weighted by Crippen LogP contribution is 2.29. The van der Waals surface area contributed by atoms with Crippen molar-refractivity contribution in [1.29, 1.82) is 0 Å². The third kappa shape index (κ3) is 5.09. The summed E-state index contributed by atoms with van der Waals surface area (Å²) < 4.78 is 5.03. The molecule has 0 aromatic rings. The lowest BCUT2D eigenvalue weighted by Gasteiger charge is -2.35. The monoisotopic (exact) mass is 271 g/mol. The van der Waals surface area contributed by atoms with Gasteiger partial charge in [0.25, 0.3) is 0 Å². The van der Waals surface area contributed by atoms with Crippen molar-refractivity contribution in [2.24, 2.45) is 5.41 Å². The summed E-state index contributed by atoms with van der Waals surface area (Å²) in [6, 6.07) is 0. The normalized spacial score (nSPS) is 23.6. The Morgan fingerprint density at radius 3 is 2.84 bits per heavy atom. The first-order valence-corrected chi connectivity index (χ1v) is 7.31. The fraction of sp³-hybridized carbons (Fsp3) is 0.929. The van der Waals surface area contributed by atoms with Gasteiger partial charge in [0.15, 0.2) is 0 Å². The van der Waals surface area contributed by atoms with Crippen LogP contribution < -0.4 is 10.6 Å². The highest BCUT2D eigenvalue weighted by Gasteiger charge is 2.37. The summed E-state index contributed by atoms with van der Waals surface area (Å²) in [6.07, 6.45) is 3.00. The minimum atomic E-state index is -0.191. The molecule has 1 aliphatic rings. The van der Waals surface area contributed by atoms with Gasteiger partial charge in [-0.25, -0.2) is 0 Å². The number of nitrogens with zero attached hydrogens (tertiary/aromatic N) is 1. The molecule has 0 aromatic carbocycles. The number of amides is 1. The van der Waals surface area contributed by atoms with E-state index >= 15 is 0 Å². The third-order valence-corrected chi connectivity index (χ3v) is 4.09.